The summed E-state index contributed by atoms with van der Waals surface area (Å²) in [7, 11) is 0. The third kappa shape index (κ3) is 8.82. The summed E-state index contributed by atoms with van der Waals surface area (Å²) in [5, 5.41) is 36.8. The van der Waals surface area contributed by atoms with Gasteiger partial charge in [-0.15, -0.1) is 0 Å². The topological polar surface area (TPSA) is 208 Å². The molecule has 28 heavy (non-hydrogen) atoms. The zero-order chi connectivity index (χ0) is 20.6. The molecule has 0 unspecified atom stereocenters. The SMILES string of the molecule is O=C1CC[C@@H](C(=O)[O-])N1.O=C1CC[C@@H](C(=O)[O-])N1.O=C1CC[C@@H](C(=O)[O-])N1.[Fe]. The Morgan fingerprint density at radius 1 is 0.607 bits per heavy atom. The molecule has 3 aliphatic heterocycles. The van der Waals surface area contributed by atoms with Crippen molar-refractivity contribution in [2.45, 2.75) is 56.7 Å². The van der Waals surface area contributed by atoms with Gasteiger partial charge in [-0.1, -0.05) is 0 Å². The standard InChI is InChI=1S/3C5H7NO3.Fe/c3*7-4-2-1-3(6-4)5(8)9;/h3*3H,1-2H2,(H,6,7)(H,8,9);/p-3/t3*3-;/m000./s1. The fourth-order valence-corrected chi connectivity index (χ4v) is 2.37. The predicted octanol–water partition coefficient (Wildman–Crippen LogP) is -5.96. The molecule has 0 aromatic carbocycles. The van der Waals surface area contributed by atoms with Crippen LogP contribution in [0.3, 0.4) is 0 Å². The summed E-state index contributed by atoms with van der Waals surface area (Å²) in [4.78, 5) is 61.1. The molecule has 3 heterocycles. The van der Waals surface area contributed by atoms with Crippen LogP contribution in [0.15, 0.2) is 0 Å². The molecule has 0 saturated carbocycles. The summed E-state index contributed by atoms with van der Waals surface area (Å²) in [5.74, 6) is -4.19. The molecule has 0 bridgehead atoms. The van der Waals surface area contributed by atoms with E-state index in [-0.39, 0.29) is 34.8 Å². The Labute approximate surface area is 169 Å². The van der Waals surface area contributed by atoms with E-state index in [9.17, 15) is 44.1 Å². The Bertz CT molecular complexity index is 555. The maximum atomic E-state index is 10.4. The number of rotatable bonds is 3. The van der Waals surface area contributed by atoms with Gasteiger partial charge in [0.05, 0.1) is 36.0 Å². The Kier molecular flexibility index (Phi) is 10.8. The van der Waals surface area contributed by atoms with E-state index in [1.165, 1.54) is 0 Å². The van der Waals surface area contributed by atoms with Crippen LogP contribution in [0.4, 0.5) is 0 Å². The van der Waals surface area contributed by atoms with Gasteiger partial charge in [-0.3, -0.25) is 14.4 Å². The Hall–Kier alpha value is -2.66. The van der Waals surface area contributed by atoms with Crippen LogP contribution in [0, 0.1) is 0 Å². The number of carbonyl (C=O) groups excluding carboxylic acids is 6. The molecule has 0 radical (unpaired) electrons. The molecule has 3 rings (SSSR count). The van der Waals surface area contributed by atoms with Crippen molar-refractivity contribution >= 4 is 35.6 Å². The van der Waals surface area contributed by atoms with Crippen molar-refractivity contribution in [2.24, 2.45) is 0 Å². The summed E-state index contributed by atoms with van der Waals surface area (Å²) >= 11 is 0. The minimum atomic E-state index is -1.19. The molecule has 3 amide bonds. The first-order valence-electron chi connectivity index (χ1n) is 8.10. The van der Waals surface area contributed by atoms with Crippen molar-refractivity contribution in [3.8, 4) is 0 Å². The molecule has 0 aliphatic carbocycles. The van der Waals surface area contributed by atoms with Crippen LogP contribution in [0.1, 0.15) is 38.5 Å². The third-order valence-electron chi connectivity index (χ3n) is 3.84. The van der Waals surface area contributed by atoms with Crippen LogP contribution in [-0.2, 0) is 45.8 Å². The van der Waals surface area contributed by atoms with E-state index in [0.717, 1.165) is 0 Å². The van der Waals surface area contributed by atoms with Gasteiger partial charge in [-0.05, 0) is 19.3 Å². The molecule has 0 spiro atoms. The molecule has 0 aromatic rings. The molecule has 3 fully saturated rings. The van der Waals surface area contributed by atoms with Crippen LogP contribution in [0.2, 0.25) is 0 Å². The molecule has 12 nitrogen and oxygen atoms in total. The van der Waals surface area contributed by atoms with E-state index in [1.54, 1.807) is 0 Å². The van der Waals surface area contributed by atoms with E-state index in [0.29, 0.717) is 38.5 Å². The maximum absolute atomic E-state index is 10.4. The number of nitrogens with one attached hydrogen (secondary N) is 3. The van der Waals surface area contributed by atoms with Crippen molar-refractivity contribution < 1.29 is 61.2 Å². The summed E-state index contributed by atoms with van der Waals surface area (Å²) in [6.07, 6.45) is 2.00. The summed E-state index contributed by atoms with van der Waals surface area (Å²) in [6, 6.07) is -2.26. The molecule has 3 aliphatic rings. The van der Waals surface area contributed by atoms with Crippen LogP contribution in [-0.4, -0.2) is 53.8 Å². The zero-order valence-corrected chi connectivity index (χ0v) is 15.6. The van der Waals surface area contributed by atoms with Crippen LogP contribution < -0.4 is 31.3 Å². The average Bonchev–Trinajstić information content (AvgIpc) is 3.30. The first-order chi connectivity index (χ1) is 12.6. The molecule has 0 aromatic heterocycles. The van der Waals surface area contributed by atoms with Gasteiger partial charge in [0, 0.05) is 36.3 Å². The first kappa shape index (κ1) is 25.3. The van der Waals surface area contributed by atoms with Crippen molar-refractivity contribution in [3.05, 3.63) is 0 Å². The van der Waals surface area contributed by atoms with Gasteiger partial charge in [0.25, 0.3) is 0 Å². The quantitative estimate of drug-likeness (QED) is 0.356. The van der Waals surface area contributed by atoms with E-state index in [1.807, 2.05) is 0 Å². The summed E-state index contributed by atoms with van der Waals surface area (Å²) < 4.78 is 0. The van der Waals surface area contributed by atoms with Crippen LogP contribution in [0.25, 0.3) is 0 Å². The average molecular weight is 440 g/mol. The monoisotopic (exact) mass is 440 g/mol. The largest absolute Gasteiger partial charge is 0.548 e. The molecular weight excluding hydrogens is 422 g/mol. The minimum absolute atomic E-state index is 0. The normalized spacial score (nSPS) is 24.9. The first-order valence-corrected chi connectivity index (χ1v) is 8.10. The molecule has 3 atom stereocenters. The van der Waals surface area contributed by atoms with Gasteiger partial charge >= 0.3 is 0 Å². The van der Waals surface area contributed by atoms with Crippen LogP contribution in [0.5, 0.6) is 0 Å². The predicted molar refractivity (Wildman–Crippen MR) is 78.5 cm³/mol. The summed E-state index contributed by atoms with van der Waals surface area (Å²) in [5.41, 5.74) is 0. The Morgan fingerprint density at radius 2 is 0.821 bits per heavy atom. The van der Waals surface area contributed by atoms with E-state index < -0.39 is 36.0 Å². The van der Waals surface area contributed by atoms with Gasteiger partial charge in [0.2, 0.25) is 17.7 Å². The third-order valence-corrected chi connectivity index (χ3v) is 3.84. The molecule has 13 heteroatoms. The van der Waals surface area contributed by atoms with Gasteiger partial charge in [0.1, 0.15) is 0 Å². The van der Waals surface area contributed by atoms with E-state index >= 15 is 0 Å². The molecule has 3 N–H and O–H groups in total. The fraction of sp³-hybridized carbons (Fsp3) is 0.600. The number of carbonyl (C=O) groups is 6. The van der Waals surface area contributed by atoms with E-state index in [4.69, 9.17) is 0 Å². The molecule has 3 saturated heterocycles. The zero-order valence-electron chi connectivity index (χ0n) is 14.5. The van der Waals surface area contributed by atoms with Crippen LogP contribution >= 0.6 is 0 Å². The smallest absolute Gasteiger partial charge is 0.220 e. The van der Waals surface area contributed by atoms with Crippen molar-refractivity contribution in [2.75, 3.05) is 0 Å². The van der Waals surface area contributed by atoms with E-state index in [2.05, 4.69) is 16.0 Å². The molecule has 158 valence electrons. The minimum Gasteiger partial charge on any atom is -0.548 e. The number of aliphatic carboxylic acids is 3. The maximum Gasteiger partial charge on any atom is 0.220 e. The fourth-order valence-electron chi connectivity index (χ4n) is 2.37. The number of hydrogen-bond donors (Lipinski definition) is 3. The Balaban J connectivity index is 0.000000384. The van der Waals surface area contributed by atoms with Crippen molar-refractivity contribution in [1.29, 1.82) is 0 Å². The number of carboxylic acid groups (broad SMARTS) is 3. The number of hydrogen-bond acceptors (Lipinski definition) is 9. The number of carboxylic acids is 3. The van der Waals surface area contributed by atoms with Gasteiger partial charge < -0.3 is 45.7 Å². The summed E-state index contributed by atoms with van der Waals surface area (Å²) in [6.45, 7) is 0. The second-order valence-electron chi connectivity index (χ2n) is 5.93. The second-order valence-corrected chi connectivity index (χ2v) is 5.93. The Morgan fingerprint density at radius 3 is 0.893 bits per heavy atom. The molecular formula is C15H18FeN3O9-3. The van der Waals surface area contributed by atoms with Crippen molar-refractivity contribution in [1.82, 2.24) is 16.0 Å². The second kappa shape index (κ2) is 11.9. The van der Waals surface area contributed by atoms with Gasteiger partial charge in [-0.2, -0.15) is 0 Å². The number of amides is 3. The van der Waals surface area contributed by atoms with Gasteiger partial charge in [0.15, 0.2) is 0 Å². The van der Waals surface area contributed by atoms with Gasteiger partial charge in [-0.25, -0.2) is 0 Å². The van der Waals surface area contributed by atoms with Crippen molar-refractivity contribution in [3.63, 3.8) is 0 Å².